The van der Waals surface area contributed by atoms with Crippen LogP contribution in [0.3, 0.4) is 0 Å². The van der Waals surface area contributed by atoms with Gasteiger partial charge in [0.05, 0.1) is 16.3 Å². The Hall–Kier alpha value is -1.49. The molecule has 98 valence electrons. The maximum absolute atomic E-state index is 11.6. The highest BCUT2D eigenvalue weighted by Crippen LogP contribution is 2.28. The Kier molecular flexibility index (Phi) is 3.61. The Morgan fingerprint density at radius 2 is 2.11 bits per heavy atom. The third-order valence-corrected chi connectivity index (χ3v) is 4.25. The maximum Gasteiger partial charge on any atom is 0.177 e. The molecule has 3 N–H and O–H groups in total. The lowest BCUT2D eigenvalue weighted by Gasteiger charge is -2.22. The highest BCUT2D eigenvalue weighted by Gasteiger charge is 2.16. The largest absolute Gasteiger partial charge is 0.396 e. The molecule has 0 saturated carbocycles. The molecular weight excluding hydrogens is 248 g/mol. The van der Waals surface area contributed by atoms with E-state index in [2.05, 4.69) is 17.5 Å². The van der Waals surface area contributed by atoms with Crippen LogP contribution < -0.4 is 11.1 Å². The fraction of sp³-hybridized carbons (Fsp3) is 0.385. The summed E-state index contributed by atoms with van der Waals surface area (Å²) in [6.07, 6.45) is 8.50. The predicted octanol–water partition coefficient (Wildman–Crippen LogP) is 2.19. The van der Waals surface area contributed by atoms with Gasteiger partial charge in [0.15, 0.2) is 9.84 Å². The van der Waals surface area contributed by atoms with Crippen LogP contribution in [0, 0.1) is 0 Å². The minimum Gasteiger partial charge on any atom is -0.396 e. The molecule has 5 heteroatoms. The van der Waals surface area contributed by atoms with Crippen molar-refractivity contribution in [2.75, 3.05) is 17.3 Å². The number of nitrogen functional groups attached to an aromatic ring is 1. The Morgan fingerprint density at radius 3 is 2.72 bits per heavy atom. The van der Waals surface area contributed by atoms with Gasteiger partial charge < -0.3 is 11.1 Å². The maximum atomic E-state index is 11.6. The van der Waals surface area contributed by atoms with E-state index in [9.17, 15) is 8.42 Å². The highest BCUT2D eigenvalue weighted by molar-refractivity contribution is 7.90. The molecule has 0 radical (unpaired) electrons. The second kappa shape index (κ2) is 5.02. The van der Waals surface area contributed by atoms with Gasteiger partial charge in [-0.3, -0.25) is 0 Å². The van der Waals surface area contributed by atoms with E-state index in [1.54, 1.807) is 6.07 Å². The van der Waals surface area contributed by atoms with Gasteiger partial charge in [-0.25, -0.2) is 8.42 Å². The van der Waals surface area contributed by atoms with Gasteiger partial charge in [-0.2, -0.15) is 0 Å². The molecule has 1 aromatic carbocycles. The molecule has 4 nitrogen and oxygen atoms in total. The molecule has 1 atom stereocenters. The number of hydrogen-bond donors (Lipinski definition) is 2. The molecule has 18 heavy (non-hydrogen) atoms. The number of hydrogen-bond acceptors (Lipinski definition) is 4. The number of allylic oxidation sites excluding steroid dienone is 1. The lowest BCUT2D eigenvalue weighted by Crippen LogP contribution is -2.21. The van der Waals surface area contributed by atoms with Gasteiger partial charge in [-0.15, -0.1) is 0 Å². The molecule has 1 aromatic rings. The number of rotatable bonds is 3. The van der Waals surface area contributed by atoms with Crippen molar-refractivity contribution in [2.24, 2.45) is 0 Å². The molecule has 0 fully saturated rings. The quantitative estimate of drug-likeness (QED) is 0.650. The number of nitrogens with two attached hydrogens (primary N) is 1. The summed E-state index contributed by atoms with van der Waals surface area (Å²) in [7, 11) is -3.28. The molecule has 0 amide bonds. The van der Waals surface area contributed by atoms with Crippen molar-refractivity contribution in [1.82, 2.24) is 0 Å². The minimum atomic E-state index is -3.28. The molecule has 0 aromatic heterocycles. The van der Waals surface area contributed by atoms with Crippen LogP contribution in [0.5, 0.6) is 0 Å². The standard InChI is InChI=1S/C13H18N2O2S/c1-18(16,17)12-9-5-8-11(13(12)14)15-10-6-3-2-4-7-10/h2-3,5,8-10,15H,4,6-7,14H2,1H3. The first-order chi connectivity index (χ1) is 8.48. The van der Waals surface area contributed by atoms with E-state index in [0.29, 0.717) is 17.4 Å². The topological polar surface area (TPSA) is 72.2 Å². The Labute approximate surface area is 108 Å². The van der Waals surface area contributed by atoms with E-state index in [-0.39, 0.29) is 4.90 Å². The molecule has 0 aliphatic heterocycles. The molecule has 0 saturated heterocycles. The van der Waals surface area contributed by atoms with E-state index in [0.717, 1.165) is 19.3 Å². The summed E-state index contributed by atoms with van der Waals surface area (Å²) in [5.41, 5.74) is 6.95. The van der Waals surface area contributed by atoms with Crippen molar-refractivity contribution >= 4 is 21.2 Å². The summed E-state index contributed by atoms with van der Waals surface area (Å²) in [5, 5.41) is 3.32. The van der Waals surface area contributed by atoms with Crippen LogP contribution in [0.2, 0.25) is 0 Å². The summed E-state index contributed by atoms with van der Waals surface area (Å²) in [6.45, 7) is 0. The molecule has 0 bridgehead atoms. The zero-order valence-electron chi connectivity index (χ0n) is 10.4. The van der Waals surface area contributed by atoms with Gasteiger partial charge in [-0.1, -0.05) is 18.2 Å². The molecule has 0 heterocycles. The van der Waals surface area contributed by atoms with Crippen LogP contribution in [-0.2, 0) is 9.84 Å². The summed E-state index contributed by atoms with van der Waals surface area (Å²) in [5.74, 6) is 0. The van der Waals surface area contributed by atoms with Crippen LogP contribution in [0.25, 0.3) is 0 Å². The smallest absolute Gasteiger partial charge is 0.177 e. The van der Waals surface area contributed by atoms with Gasteiger partial charge in [0.2, 0.25) is 0 Å². The van der Waals surface area contributed by atoms with Crippen molar-refractivity contribution < 1.29 is 8.42 Å². The predicted molar refractivity (Wildman–Crippen MR) is 74.4 cm³/mol. The fourth-order valence-corrected chi connectivity index (χ4v) is 2.97. The molecule has 0 spiro atoms. The zero-order valence-corrected chi connectivity index (χ0v) is 11.2. The van der Waals surface area contributed by atoms with E-state index in [1.165, 1.54) is 12.3 Å². The summed E-state index contributed by atoms with van der Waals surface area (Å²) in [4.78, 5) is 0.193. The molecular formula is C13H18N2O2S. The van der Waals surface area contributed by atoms with Gasteiger partial charge in [0, 0.05) is 12.3 Å². The first-order valence-electron chi connectivity index (χ1n) is 5.98. The van der Waals surface area contributed by atoms with Crippen molar-refractivity contribution in [3.8, 4) is 0 Å². The zero-order chi connectivity index (χ0) is 13.2. The Morgan fingerprint density at radius 1 is 1.33 bits per heavy atom. The number of sulfone groups is 1. The van der Waals surface area contributed by atoms with E-state index >= 15 is 0 Å². The lowest BCUT2D eigenvalue weighted by molar-refractivity contribution is 0.602. The van der Waals surface area contributed by atoms with Gasteiger partial charge in [-0.05, 0) is 31.4 Å². The lowest BCUT2D eigenvalue weighted by atomic mass is 10.0. The van der Waals surface area contributed by atoms with E-state index in [1.807, 2.05) is 6.07 Å². The van der Waals surface area contributed by atoms with Gasteiger partial charge in [0.25, 0.3) is 0 Å². The SMILES string of the molecule is CS(=O)(=O)c1cccc(NC2CC=CCC2)c1N. The Balaban J connectivity index is 2.26. The van der Waals surface area contributed by atoms with Crippen molar-refractivity contribution in [3.63, 3.8) is 0 Å². The van der Waals surface area contributed by atoms with Crippen LogP contribution in [0.4, 0.5) is 11.4 Å². The minimum absolute atomic E-state index is 0.193. The third kappa shape index (κ3) is 2.85. The molecule has 2 rings (SSSR count). The molecule has 1 aliphatic carbocycles. The van der Waals surface area contributed by atoms with Crippen LogP contribution >= 0.6 is 0 Å². The monoisotopic (exact) mass is 266 g/mol. The Bertz CT molecular complexity index is 564. The van der Waals surface area contributed by atoms with Crippen LogP contribution in [0.15, 0.2) is 35.2 Å². The van der Waals surface area contributed by atoms with Crippen LogP contribution in [0.1, 0.15) is 19.3 Å². The fourth-order valence-electron chi connectivity index (χ4n) is 2.14. The summed E-state index contributed by atoms with van der Waals surface area (Å²) < 4.78 is 23.2. The number of para-hydroxylation sites is 1. The van der Waals surface area contributed by atoms with Crippen molar-refractivity contribution in [1.29, 1.82) is 0 Å². The highest BCUT2D eigenvalue weighted by atomic mass is 32.2. The first kappa shape index (κ1) is 13.0. The molecule has 1 aliphatic rings. The summed E-state index contributed by atoms with van der Waals surface area (Å²) in [6, 6.07) is 5.40. The molecule has 1 unspecified atom stereocenters. The third-order valence-electron chi connectivity index (χ3n) is 3.09. The number of nitrogens with one attached hydrogen (secondary N) is 1. The van der Waals surface area contributed by atoms with Gasteiger partial charge in [0.1, 0.15) is 0 Å². The second-order valence-electron chi connectivity index (χ2n) is 4.62. The van der Waals surface area contributed by atoms with Crippen LogP contribution in [-0.4, -0.2) is 20.7 Å². The normalized spacial score (nSPS) is 19.7. The second-order valence-corrected chi connectivity index (χ2v) is 6.60. The number of anilines is 2. The van der Waals surface area contributed by atoms with Crippen molar-refractivity contribution in [3.05, 3.63) is 30.4 Å². The summed E-state index contributed by atoms with van der Waals surface area (Å²) >= 11 is 0. The van der Waals surface area contributed by atoms with Gasteiger partial charge >= 0.3 is 0 Å². The van der Waals surface area contributed by atoms with Crippen molar-refractivity contribution in [2.45, 2.75) is 30.2 Å². The average Bonchev–Trinajstić information content (AvgIpc) is 2.32. The average molecular weight is 266 g/mol. The van der Waals surface area contributed by atoms with E-state index < -0.39 is 9.84 Å². The van der Waals surface area contributed by atoms with E-state index in [4.69, 9.17) is 5.73 Å². The number of benzene rings is 1. The first-order valence-corrected chi connectivity index (χ1v) is 7.87.